The highest BCUT2D eigenvalue weighted by Crippen LogP contribution is 2.24. The summed E-state index contributed by atoms with van der Waals surface area (Å²) in [5.41, 5.74) is 3.65. The fourth-order valence-electron chi connectivity index (χ4n) is 2.95. The number of hydrogen-bond donors (Lipinski definition) is 1. The molecule has 4 rings (SSSR count). The molecule has 1 N–H and O–H groups in total. The lowest BCUT2D eigenvalue weighted by molar-refractivity contribution is 0.238. The van der Waals surface area contributed by atoms with Crippen molar-refractivity contribution in [2.24, 2.45) is 0 Å². The highest BCUT2D eigenvalue weighted by atomic mass is 16.5. The van der Waals surface area contributed by atoms with Crippen molar-refractivity contribution in [2.45, 2.75) is 19.0 Å². The predicted octanol–water partition coefficient (Wildman–Crippen LogP) is 4.04. The van der Waals surface area contributed by atoms with Crippen molar-refractivity contribution >= 4 is 0 Å². The molecule has 0 amide bonds. The van der Waals surface area contributed by atoms with E-state index in [1.165, 1.54) is 11.1 Å². The predicted molar refractivity (Wildman–Crippen MR) is 90.4 cm³/mol. The van der Waals surface area contributed by atoms with Crippen molar-refractivity contribution < 1.29 is 9.15 Å². The molecule has 0 fully saturated rings. The lowest BCUT2D eigenvalue weighted by Gasteiger charge is -2.26. The van der Waals surface area contributed by atoms with Crippen LogP contribution in [0.15, 0.2) is 71.3 Å². The Morgan fingerprint density at radius 3 is 2.65 bits per heavy atom. The van der Waals surface area contributed by atoms with E-state index in [1.807, 2.05) is 24.3 Å². The van der Waals surface area contributed by atoms with Crippen molar-refractivity contribution in [1.29, 1.82) is 0 Å². The number of nitrogens with one attached hydrogen (secondary N) is 1. The topological polar surface area (TPSA) is 34.4 Å². The van der Waals surface area contributed by atoms with Gasteiger partial charge in [0.1, 0.15) is 18.1 Å². The third kappa shape index (κ3) is 3.15. The number of benzene rings is 2. The molecule has 3 nitrogen and oxygen atoms in total. The first-order valence-electron chi connectivity index (χ1n) is 7.95. The van der Waals surface area contributed by atoms with Crippen molar-refractivity contribution in [3.63, 3.8) is 0 Å². The molecule has 1 aliphatic rings. The van der Waals surface area contributed by atoms with Gasteiger partial charge in [-0.1, -0.05) is 42.5 Å². The molecule has 23 heavy (non-hydrogen) atoms. The number of fused-ring (bicyclic) bond motifs is 1. The van der Waals surface area contributed by atoms with Crippen molar-refractivity contribution in [2.75, 3.05) is 6.61 Å². The van der Waals surface area contributed by atoms with Gasteiger partial charge in [0.2, 0.25) is 0 Å². The van der Waals surface area contributed by atoms with E-state index in [0.29, 0.717) is 6.04 Å². The van der Waals surface area contributed by atoms with E-state index in [0.717, 1.165) is 36.6 Å². The summed E-state index contributed by atoms with van der Waals surface area (Å²) >= 11 is 0. The van der Waals surface area contributed by atoms with Crippen molar-refractivity contribution in [1.82, 2.24) is 5.32 Å². The van der Waals surface area contributed by atoms with Crippen molar-refractivity contribution in [3.05, 3.63) is 78.1 Å². The highest BCUT2D eigenvalue weighted by Gasteiger charge is 2.18. The highest BCUT2D eigenvalue weighted by molar-refractivity contribution is 5.57. The van der Waals surface area contributed by atoms with Crippen LogP contribution >= 0.6 is 0 Å². The minimum absolute atomic E-state index is 0.356. The summed E-state index contributed by atoms with van der Waals surface area (Å²) in [6, 6.07) is 21.0. The third-order valence-corrected chi connectivity index (χ3v) is 4.23. The third-order valence-electron chi connectivity index (χ3n) is 4.23. The molecule has 116 valence electrons. The summed E-state index contributed by atoms with van der Waals surface area (Å²) in [6.45, 7) is 1.57. The van der Waals surface area contributed by atoms with Gasteiger partial charge in [0, 0.05) is 18.2 Å². The summed E-state index contributed by atoms with van der Waals surface area (Å²) in [5.74, 6) is 1.93. The normalized spacial score (nSPS) is 16.6. The molecule has 1 aliphatic heterocycles. The number of rotatable bonds is 4. The molecular formula is C20H19NO2. The van der Waals surface area contributed by atoms with E-state index in [2.05, 4.69) is 41.7 Å². The van der Waals surface area contributed by atoms with E-state index in [-0.39, 0.29) is 0 Å². The van der Waals surface area contributed by atoms with Gasteiger partial charge in [0.15, 0.2) is 0 Å². The molecule has 0 saturated carbocycles. The lowest BCUT2D eigenvalue weighted by atomic mass is 10.0. The smallest absolute Gasteiger partial charge is 0.133 e. The molecule has 2 aromatic carbocycles. The molecule has 1 atom stereocenters. The van der Waals surface area contributed by atoms with Gasteiger partial charge in [-0.2, -0.15) is 0 Å². The van der Waals surface area contributed by atoms with Crippen LogP contribution in [0.25, 0.3) is 11.3 Å². The van der Waals surface area contributed by atoms with Crippen LogP contribution in [-0.2, 0) is 13.0 Å². The maximum Gasteiger partial charge on any atom is 0.133 e. The first-order valence-corrected chi connectivity index (χ1v) is 7.95. The summed E-state index contributed by atoms with van der Waals surface area (Å²) in [7, 11) is 0. The van der Waals surface area contributed by atoms with E-state index in [4.69, 9.17) is 9.15 Å². The van der Waals surface area contributed by atoms with Crippen LogP contribution in [-0.4, -0.2) is 12.6 Å². The minimum Gasteiger partial charge on any atom is -0.492 e. The molecule has 1 unspecified atom stereocenters. The average Bonchev–Trinajstić information content (AvgIpc) is 3.15. The van der Waals surface area contributed by atoms with Crippen LogP contribution in [0, 0.1) is 0 Å². The minimum atomic E-state index is 0.356. The van der Waals surface area contributed by atoms with Gasteiger partial charge in [-0.25, -0.2) is 0 Å². The average molecular weight is 305 g/mol. The fourth-order valence-corrected chi connectivity index (χ4v) is 2.95. The van der Waals surface area contributed by atoms with Crippen molar-refractivity contribution in [3.8, 4) is 17.1 Å². The zero-order valence-corrected chi connectivity index (χ0v) is 12.9. The summed E-state index contributed by atoms with van der Waals surface area (Å²) in [6.07, 6.45) is 2.71. The number of furan rings is 1. The van der Waals surface area contributed by atoms with E-state index < -0.39 is 0 Å². The SMILES string of the molecule is c1coc(-c2ccc(CNC3COc4ccccc4C3)cc2)c1. The molecule has 0 aliphatic carbocycles. The Bertz CT molecular complexity index is 763. The van der Waals surface area contributed by atoms with Gasteiger partial charge in [0.25, 0.3) is 0 Å². The first-order chi connectivity index (χ1) is 11.4. The Hall–Kier alpha value is -2.52. The largest absolute Gasteiger partial charge is 0.492 e. The van der Waals surface area contributed by atoms with Gasteiger partial charge < -0.3 is 14.5 Å². The number of hydrogen-bond acceptors (Lipinski definition) is 3. The van der Waals surface area contributed by atoms with E-state index >= 15 is 0 Å². The summed E-state index contributed by atoms with van der Waals surface area (Å²) in [5, 5.41) is 3.58. The van der Waals surface area contributed by atoms with Gasteiger partial charge in [-0.05, 0) is 35.7 Å². The zero-order chi connectivity index (χ0) is 15.5. The maximum absolute atomic E-state index is 5.82. The molecule has 3 heteroatoms. The molecular weight excluding hydrogens is 286 g/mol. The van der Waals surface area contributed by atoms with Gasteiger partial charge in [0.05, 0.1) is 6.26 Å². The van der Waals surface area contributed by atoms with Crippen LogP contribution in [0.3, 0.4) is 0 Å². The Labute approximate surface area is 135 Å². The van der Waals surface area contributed by atoms with Crippen LogP contribution in [0.2, 0.25) is 0 Å². The number of para-hydroxylation sites is 1. The molecule has 0 spiro atoms. The van der Waals surface area contributed by atoms with Crippen LogP contribution in [0.5, 0.6) is 5.75 Å². The molecule has 3 aromatic rings. The first kappa shape index (κ1) is 14.1. The second kappa shape index (κ2) is 6.31. The van der Waals surface area contributed by atoms with Crippen LogP contribution in [0.1, 0.15) is 11.1 Å². The Kier molecular flexibility index (Phi) is 3.86. The van der Waals surface area contributed by atoms with Gasteiger partial charge in [-0.15, -0.1) is 0 Å². The summed E-state index contributed by atoms with van der Waals surface area (Å²) in [4.78, 5) is 0. The van der Waals surface area contributed by atoms with Crippen LogP contribution in [0.4, 0.5) is 0 Å². The molecule has 0 radical (unpaired) electrons. The number of ether oxygens (including phenoxy) is 1. The van der Waals surface area contributed by atoms with Gasteiger partial charge in [-0.3, -0.25) is 0 Å². The Morgan fingerprint density at radius 2 is 1.83 bits per heavy atom. The second-order valence-electron chi connectivity index (χ2n) is 5.87. The summed E-state index contributed by atoms with van der Waals surface area (Å²) < 4.78 is 11.2. The van der Waals surface area contributed by atoms with E-state index in [1.54, 1.807) is 6.26 Å². The molecule has 0 bridgehead atoms. The standard InChI is InChI=1S/C20H19NO2/c1-2-5-20-17(4-1)12-18(14-23-20)21-13-15-7-9-16(10-8-15)19-6-3-11-22-19/h1-11,18,21H,12-14H2. The second-order valence-corrected chi connectivity index (χ2v) is 5.87. The Balaban J connectivity index is 1.36. The quantitative estimate of drug-likeness (QED) is 0.790. The lowest BCUT2D eigenvalue weighted by Crippen LogP contribution is -2.38. The van der Waals surface area contributed by atoms with E-state index in [9.17, 15) is 0 Å². The maximum atomic E-state index is 5.82. The van der Waals surface area contributed by atoms with Crippen LogP contribution < -0.4 is 10.1 Å². The fraction of sp³-hybridized carbons (Fsp3) is 0.200. The monoisotopic (exact) mass is 305 g/mol. The molecule has 2 heterocycles. The zero-order valence-electron chi connectivity index (χ0n) is 12.9. The Morgan fingerprint density at radius 1 is 0.957 bits per heavy atom. The molecule has 0 saturated heterocycles. The molecule has 1 aromatic heterocycles. The van der Waals surface area contributed by atoms with Gasteiger partial charge >= 0.3 is 0 Å².